The van der Waals surface area contributed by atoms with Crippen molar-refractivity contribution in [1.82, 2.24) is 0 Å². The van der Waals surface area contributed by atoms with Gasteiger partial charge in [0.15, 0.2) is 0 Å². The van der Waals surface area contributed by atoms with E-state index in [-0.39, 0.29) is 6.04 Å². The zero-order chi connectivity index (χ0) is 12.4. The fourth-order valence-electron chi connectivity index (χ4n) is 1.82. The van der Waals surface area contributed by atoms with Gasteiger partial charge in [-0.15, -0.1) is 0 Å². The maximum absolute atomic E-state index is 6.12. The molecule has 0 heterocycles. The molecule has 0 radical (unpaired) electrons. The molecule has 0 aliphatic carbocycles. The van der Waals surface area contributed by atoms with Crippen LogP contribution in [0.4, 0.5) is 0 Å². The SMILES string of the molecule is Cc1ccc(-c2ccc(Cl)c(C(C)N)c2)cc1. The van der Waals surface area contributed by atoms with E-state index < -0.39 is 0 Å². The fraction of sp³-hybridized carbons (Fsp3) is 0.200. The van der Waals surface area contributed by atoms with E-state index in [0.717, 1.165) is 16.1 Å². The van der Waals surface area contributed by atoms with E-state index in [4.69, 9.17) is 17.3 Å². The van der Waals surface area contributed by atoms with Gasteiger partial charge in [-0.25, -0.2) is 0 Å². The molecule has 2 rings (SSSR count). The van der Waals surface area contributed by atoms with E-state index in [1.165, 1.54) is 11.1 Å². The molecule has 88 valence electrons. The van der Waals surface area contributed by atoms with Gasteiger partial charge in [0.2, 0.25) is 0 Å². The Balaban J connectivity index is 2.46. The highest BCUT2D eigenvalue weighted by Gasteiger charge is 2.07. The van der Waals surface area contributed by atoms with Crippen molar-refractivity contribution < 1.29 is 0 Å². The molecular weight excluding hydrogens is 230 g/mol. The molecule has 0 aliphatic heterocycles. The minimum atomic E-state index is -0.0482. The molecule has 2 N–H and O–H groups in total. The van der Waals surface area contributed by atoms with Crippen molar-refractivity contribution in [2.24, 2.45) is 5.73 Å². The Labute approximate surface area is 107 Å². The first-order chi connectivity index (χ1) is 8.08. The largest absolute Gasteiger partial charge is 0.324 e. The van der Waals surface area contributed by atoms with Crippen LogP contribution in [-0.4, -0.2) is 0 Å². The van der Waals surface area contributed by atoms with E-state index in [1.807, 2.05) is 19.1 Å². The molecule has 2 aromatic carbocycles. The van der Waals surface area contributed by atoms with Crippen LogP contribution in [0.1, 0.15) is 24.1 Å². The lowest BCUT2D eigenvalue weighted by Gasteiger charge is -2.11. The van der Waals surface area contributed by atoms with Gasteiger partial charge in [-0.2, -0.15) is 0 Å². The number of benzene rings is 2. The molecule has 0 amide bonds. The Morgan fingerprint density at radius 2 is 1.59 bits per heavy atom. The van der Waals surface area contributed by atoms with Crippen molar-refractivity contribution in [2.45, 2.75) is 19.9 Å². The average Bonchev–Trinajstić information content (AvgIpc) is 2.30. The second kappa shape index (κ2) is 4.91. The van der Waals surface area contributed by atoms with Gasteiger partial charge in [-0.3, -0.25) is 0 Å². The summed E-state index contributed by atoms with van der Waals surface area (Å²) in [4.78, 5) is 0. The molecule has 1 unspecified atom stereocenters. The summed E-state index contributed by atoms with van der Waals surface area (Å²) in [5.74, 6) is 0. The highest BCUT2D eigenvalue weighted by atomic mass is 35.5. The topological polar surface area (TPSA) is 26.0 Å². The minimum Gasteiger partial charge on any atom is -0.324 e. The van der Waals surface area contributed by atoms with Crippen molar-refractivity contribution in [3.8, 4) is 11.1 Å². The van der Waals surface area contributed by atoms with Crippen molar-refractivity contribution in [3.05, 3.63) is 58.6 Å². The maximum Gasteiger partial charge on any atom is 0.0454 e. The molecule has 1 atom stereocenters. The van der Waals surface area contributed by atoms with Crippen LogP contribution in [0, 0.1) is 6.92 Å². The van der Waals surface area contributed by atoms with Gasteiger partial charge in [0.05, 0.1) is 0 Å². The maximum atomic E-state index is 6.12. The zero-order valence-electron chi connectivity index (χ0n) is 10.1. The zero-order valence-corrected chi connectivity index (χ0v) is 10.8. The first kappa shape index (κ1) is 12.2. The standard InChI is InChI=1S/C15H16ClN/c1-10-3-5-12(6-4-10)13-7-8-15(16)14(9-13)11(2)17/h3-9,11H,17H2,1-2H3. The summed E-state index contributed by atoms with van der Waals surface area (Å²) in [6, 6.07) is 14.4. The summed E-state index contributed by atoms with van der Waals surface area (Å²) in [5, 5.41) is 0.732. The van der Waals surface area contributed by atoms with Crippen LogP contribution < -0.4 is 5.73 Å². The van der Waals surface area contributed by atoms with Gasteiger partial charge in [0.1, 0.15) is 0 Å². The van der Waals surface area contributed by atoms with Crippen molar-refractivity contribution >= 4 is 11.6 Å². The second-order valence-corrected chi connectivity index (χ2v) is 4.80. The van der Waals surface area contributed by atoms with E-state index in [2.05, 4.69) is 37.3 Å². The lowest BCUT2D eigenvalue weighted by atomic mass is 10.00. The third-order valence-corrected chi connectivity index (χ3v) is 3.22. The first-order valence-corrected chi connectivity index (χ1v) is 6.08. The average molecular weight is 246 g/mol. The molecule has 0 aliphatic rings. The Kier molecular flexibility index (Phi) is 3.51. The Morgan fingerprint density at radius 3 is 2.18 bits per heavy atom. The smallest absolute Gasteiger partial charge is 0.0454 e. The Morgan fingerprint density at radius 1 is 1.00 bits per heavy atom. The van der Waals surface area contributed by atoms with Crippen LogP contribution >= 0.6 is 11.6 Å². The molecule has 0 saturated carbocycles. The molecule has 2 aromatic rings. The minimum absolute atomic E-state index is 0.0482. The third-order valence-electron chi connectivity index (χ3n) is 2.87. The summed E-state index contributed by atoms with van der Waals surface area (Å²) in [6.45, 7) is 4.03. The van der Waals surface area contributed by atoms with Crippen LogP contribution in [0.2, 0.25) is 5.02 Å². The molecule has 0 spiro atoms. The quantitative estimate of drug-likeness (QED) is 0.837. The molecule has 0 fully saturated rings. The summed E-state index contributed by atoms with van der Waals surface area (Å²) < 4.78 is 0. The lowest BCUT2D eigenvalue weighted by Crippen LogP contribution is -2.05. The monoisotopic (exact) mass is 245 g/mol. The third kappa shape index (κ3) is 2.68. The molecule has 0 bridgehead atoms. The summed E-state index contributed by atoms with van der Waals surface area (Å²) >= 11 is 6.12. The Bertz CT molecular complexity index is 515. The molecule has 0 aromatic heterocycles. The van der Waals surface area contributed by atoms with Crippen LogP contribution in [-0.2, 0) is 0 Å². The second-order valence-electron chi connectivity index (χ2n) is 4.39. The van der Waals surface area contributed by atoms with Crippen LogP contribution in [0.25, 0.3) is 11.1 Å². The summed E-state index contributed by atoms with van der Waals surface area (Å²) in [6.07, 6.45) is 0. The predicted octanol–water partition coefficient (Wildman–Crippen LogP) is 4.34. The van der Waals surface area contributed by atoms with Gasteiger partial charge in [-0.05, 0) is 42.7 Å². The van der Waals surface area contributed by atoms with Gasteiger partial charge in [-0.1, -0.05) is 47.5 Å². The Hall–Kier alpha value is -1.31. The van der Waals surface area contributed by atoms with E-state index in [9.17, 15) is 0 Å². The summed E-state index contributed by atoms with van der Waals surface area (Å²) in [5.41, 5.74) is 10.5. The highest BCUT2D eigenvalue weighted by Crippen LogP contribution is 2.28. The van der Waals surface area contributed by atoms with Gasteiger partial charge in [0, 0.05) is 11.1 Å². The number of aryl methyl sites for hydroxylation is 1. The molecule has 17 heavy (non-hydrogen) atoms. The lowest BCUT2D eigenvalue weighted by molar-refractivity contribution is 0.819. The van der Waals surface area contributed by atoms with E-state index in [0.29, 0.717) is 0 Å². The van der Waals surface area contributed by atoms with E-state index in [1.54, 1.807) is 0 Å². The van der Waals surface area contributed by atoms with Gasteiger partial charge >= 0.3 is 0 Å². The number of hydrogen-bond donors (Lipinski definition) is 1. The van der Waals surface area contributed by atoms with Gasteiger partial charge < -0.3 is 5.73 Å². The summed E-state index contributed by atoms with van der Waals surface area (Å²) in [7, 11) is 0. The normalized spacial score (nSPS) is 12.5. The van der Waals surface area contributed by atoms with Crippen molar-refractivity contribution in [1.29, 1.82) is 0 Å². The number of halogens is 1. The highest BCUT2D eigenvalue weighted by molar-refractivity contribution is 6.31. The first-order valence-electron chi connectivity index (χ1n) is 5.70. The number of hydrogen-bond acceptors (Lipinski definition) is 1. The van der Waals surface area contributed by atoms with E-state index >= 15 is 0 Å². The number of nitrogens with two attached hydrogens (primary N) is 1. The van der Waals surface area contributed by atoms with Crippen molar-refractivity contribution in [3.63, 3.8) is 0 Å². The van der Waals surface area contributed by atoms with Crippen molar-refractivity contribution in [2.75, 3.05) is 0 Å². The molecule has 0 saturated heterocycles. The molecular formula is C15H16ClN. The fourth-order valence-corrected chi connectivity index (χ4v) is 2.11. The van der Waals surface area contributed by atoms with Crippen LogP contribution in [0.3, 0.4) is 0 Å². The van der Waals surface area contributed by atoms with Crippen LogP contribution in [0.15, 0.2) is 42.5 Å². The number of rotatable bonds is 2. The molecule has 1 nitrogen and oxygen atoms in total. The predicted molar refractivity (Wildman–Crippen MR) is 74.2 cm³/mol. The van der Waals surface area contributed by atoms with Crippen LogP contribution in [0.5, 0.6) is 0 Å². The van der Waals surface area contributed by atoms with Gasteiger partial charge in [0.25, 0.3) is 0 Å². The molecule has 2 heteroatoms.